The van der Waals surface area contributed by atoms with Gasteiger partial charge in [0.2, 0.25) is 5.82 Å². The minimum absolute atomic E-state index is 0.0834. The predicted molar refractivity (Wildman–Crippen MR) is 79.4 cm³/mol. The van der Waals surface area contributed by atoms with Gasteiger partial charge in [0.15, 0.2) is 0 Å². The number of nitrogens with zero attached hydrogens (tertiary/aromatic N) is 5. The Morgan fingerprint density at radius 3 is 2.71 bits per heavy atom. The molecular weight excluding hydrogens is 266 g/mol. The van der Waals surface area contributed by atoms with Crippen molar-refractivity contribution in [3.63, 3.8) is 0 Å². The highest BCUT2D eigenvalue weighted by Gasteiger charge is 2.22. The Morgan fingerprint density at radius 1 is 1.10 bits per heavy atom. The summed E-state index contributed by atoms with van der Waals surface area (Å²) in [4.78, 5) is 20.7. The van der Waals surface area contributed by atoms with E-state index in [4.69, 9.17) is 0 Å². The summed E-state index contributed by atoms with van der Waals surface area (Å²) in [6, 6.07) is 9.68. The Balaban J connectivity index is 1.75. The maximum absolute atomic E-state index is 12.5. The van der Waals surface area contributed by atoms with Crippen molar-refractivity contribution in [2.24, 2.45) is 0 Å². The summed E-state index contributed by atoms with van der Waals surface area (Å²) in [5.74, 6) is 0.184. The fraction of sp³-hybridized carbons (Fsp3) is 0.400. The SMILES string of the molecule is CN1CCCN(C(=O)c2ncn(-c3ccccc3)n2)CC1. The fourth-order valence-electron chi connectivity index (χ4n) is 2.46. The third-order valence-corrected chi connectivity index (χ3v) is 3.71. The van der Waals surface area contributed by atoms with E-state index >= 15 is 0 Å². The van der Waals surface area contributed by atoms with E-state index in [1.165, 1.54) is 0 Å². The van der Waals surface area contributed by atoms with Crippen LogP contribution >= 0.6 is 0 Å². The van der Waals surface area contributed by atoms with Gasteiger partial charge in [-0.25, -0.2) is 9.67 Å². The molecule has 6 nitrogen and oxygen atoms in total. The van der Waals surface area contributed by atoms with E-state index in [1.807, 2.05) is 35.2 Å². The lowest BCUT2D eigenvalue weighted by atomic mass is 10.3. The van der Waals surface area contributed by atoms with Crippen molar-refractivity contribution in [2.75, 3.05) is 33.2 Å². The first-order chi connectivity index (χ1) is 10.2. The standard InChI is InChI=1S/C15H19N5O/c1-18-8-5-9-19(11-10-18)15(21)14-16-12-20(17-14)13-6-3-2-4-7-13/h2-4,6-7,12H,5,8-11H2,1H3. The molecule has 1 aromatic carbocycles. The summed E-state index contributed by atoms with van der Waals surface area (Å²) in [7, 11) is 2.08. The third-order valence-electron chi connectivity index (χ3n) is 3.71. The van der Waals surface area contributed by atoms with Gasteiger partial charge in [-0.3, -0.25) is 4.79 Å². The molecule has 1 fully saturated rings. The van der Waals surface area contributed by atoms with E-state index in [-0.39, 0.29) is 11.7 Å². The lowest BCUT2D eigenvalue weighted by molar-refractivity contribution is 0.0750. The first-order valence-electron chi connectivity index (χ1n) is 7.19. The lowest BCUT2D eigenvalue weighted by Crippen LogP contribution is -2.35. The molecule has 1 aromatic heterocycles. The van der Waals surface area contributed by atoms with Gasteiger partial charge in [-0.2, -0.15) is 0 Å². The lowest BCUT2D eigenvalue weighted by Gasteiger charge is -2.18. The van der Waals surface area contributed by atoms with Crippen molar-refractivity contribution in [2.45, 2.75) is 6.42 Å². The summed E-state index contributed by atoms with van der Waals surface area (Å²) in [6.07, 6.45) is 2.58. The average Bonchev–Trinajstić information content (AvgIpc) is 2.91. The first kappa shape index (κ1) is 13.8. The summed E-state index contributed by atoms with van der Waals surface area (Å²) in [5, 5.41) is 4.31. The van der Waals surface area contributed by atoms with Crippen molar-refractivity contribution < 1.29 is 4.79 Å². The summed E-state index contributed by atoms with van der Waals surface area (Å²) in [5.41, 5.74) is 0.902. The van der Waals surface area contributed by atoms with E-state index < -0.39 is 0 Å². The van der Waals surface area contributed by atoms with Crippen LogP contribution in [0.25, 0.3) is 5.69 Å². The van der Waals surface area contributed by atoms with Gasteiger partial charge in [0.05, 0.1) is 5.69 Å². The van der Waals surface area contributed by atoms with Crippen molar-refractivity contribution in [1.29, 1.82) is 0 Å². The molecule has 21 heavy (non-hydrogen) atoms. The molecule has 110 valence electrons. The number of hydrogen-bond donors (Lipinski definition) is 0. The molecule has 6 heteroatoms. The molecule has 2 heterocycles. The largest absolute Gasteiger partial charge is 0.335 e. The number of likely N-dealkylation sites (N-methyl/N-ethyl adjacent to an activating group) is 1. The number of carbonyl (C=O) groups excluding carboxylic acids is 1. The zero-order valence-corrected chi connectivity index (χ0v) is 12.1. The zero-order valence-electron chi connectivity index (χ0n) is 12.1. The van der Waals surface area contributed by atoms with Crippen LogP contribution in [0.1, 0.15) is 17.0 Å². The molecule has 0 saturated carbocycles. The second kappa shape index (κ2) is 6.05. The highest BCUT2D eigenvalue weighted by atomic mass is 16.2. The smallest absolute Gasteiger partial charge is 0.293 e. The van der Waals surface area contributed by atoms with Crippen molar-refractivity contribution in [1.82, 2.24) is 24.6 Å². The number of hydrogen-bond acceptors (Lipinski definition) is 4. The monoisotopic (exact) mass is 285 g/mol. The molecule has 0 bridgehead atoms. The highest BCUT2D eigenvalue weighted by molar-refractivity contribution is 5.90. The zero-order chi connectivity index (χ0) is 14.7. The van der Waals surface area contributed by atoms with Crippen LogP contribution < -0.4 is 0 Å². The maximum Gasteiger partial charge on any atom is 0.293 e. The van der Waals surface area contributed by atoms with Crippen LogP contribution in [0, 0.1) is 0 Å². The summed E-state index contributed by atoms with van der Waals surface area (Å²) >= 11 is 0. The van der Waals surface area contributed by atoms with E-state index in [9.17, 15) is 4.79 Å². The van der Waals surface area contributed by atoms with E-state index in [1.54, 1.807) is 11.0 Å². The second-order valence-corrected chi connectivity index (χ2v) is 5.30. The maximum atomic E-state index is 12.5. The number of benzene rings is 1. The number of para-hydroxylation sites is 1. The molecule has 1 aliphatic heterocycles. The Kier molecular flexibility index (Phi) is 3.96. The van der Waals surface area contributed by atoms with Crippen molar-refractivity contribution in [3.05, 3.63) is 42.5 Å². The van der Waals surface area contributed by atoms with Gasteiger partial charge in [-0.05, 0) is 32.1 Å². The van der Waals surface area contributed by atoms with Crippen LogP contribution in [0.2, 0.25) is 0 Å². The van der Waals surface area contributed by atoms with Crippen LogP contribution in [0.4, 0.5) is 0 Å². The van der Waals surface area contributed by atoms with Crippen LogP contribution in [0.3, 0.4) is 0 Å². The van der Waals surface area contributed by atoms with Crippen molar-refractivity contribution in [3.8, 4) is 5.69 Å². The molecule has 1 amide bonds. The molecule has 0 spiro atoms. The molecule has 1 aliphatic rings. The Hall–Kier alpha value is -2.21. The van der Waals surface area contributed by atoms with Crippen LogP contribution in [0.5, 0.6) is 0 Å². The second-order valence-electron chi connectivity index (χ2n) is 5.30. The summed E-state index contributed by atoms with van der Waals surface area (Å²) < 4.78 is 1.64. The molecule has 0 unspecified atom stereocenters. The van der Waals surface area contributed by atoms with Gasteiger partial charge in [-0.15, -0.1) is 5.10 Å². The van der Waals surface area contributed by atoms with Gasteiger partial charge in [0.1, 0.15) is 6.33 Å². The van der Waals surface area contributed by atoms with Crippen LogP contribution in [-0.4, -0.2) is 63.7 Å². The first-order valence-corrected chi connectivity index (χ1v) is 7.19. The number of rotatable bonds is 2. The highest BCUT2D eigenvalue weighted by Crippen LogP contribution is 2.08. The fourth-order valence-corrected chi connectivity index (χ4v) is 2.46. The van der Waals surface area contributed by atoms with E-state index in [2.05, 4.69) is 22.0 Å². The van der Waals surface area contributed by atoms with Gasteiger partial charge in [0.25, 0.3) is 5.91 Å². The predicted octanol–water partition coefficient (Wildman–Crippen LogP) is 1.04. The Labute approximate surface area is 124 Å². The average molecular weight is 285 g/mol. The topological polar surface area (TPSA) is 54.3 Å². The minimum atomic E-state index is -0.0834. The van der Waals surface area contributed by atoms with Gasteiger partial charge < -0.3 is 9.80 Å². The third kappa shape index (κ3) is 3.11. The molecule has 0 aliphatic carbocycles. The van der Waals surface area contributed by atoms with Gasteiger partial charge in [0, 0.05) is 19.6 Å². The van der Waals surface area contributed by atoms with Crippen LogP contribution in [-0.2, 0) is 0 Å². The van der Waals surface area contributed by atoms with Gasteiger partial charge >= 0.3 is 0 Å². The molecule has 1 saturated heterocycles. The normalized spacial score (nSPS) is 16.7. The molecular formula is C15H19N5O. The molecule has 0 radical (unpaired) electrons. The van der Waals surface area contributed by atoms with E-state index in [0.29, 0.717) is 0 Å². The minimum Gasteiger partial charge on any atom is -0.335 e. The summed E-state index contributed by atoms with van der Waals surface area (Å²) in [6.45, 7) is 3.42. The van der Waals surface area contributed by atoms with Crippen molar-refractivity contribution >= 4 is 5.91 Å². The van der Waals surface area contributed by atoms with Gasteiger partial charge in [-0.1, -0.05) is 18.2 Å². The Bertz CT molecular complexity index is 610. The molecule has 2 aromatic rings. The van der Waals surface area contributed by atoms with Crippen LogP contribution in [0.15, 0.2) is 36.7 Å². The quantitative estimate of drug-likeness (QED) is 0.827. The number of amides is 1. The Morgan fingerprint density at radius 2 is 1.90 bits per heavy atom. The molecule has 0 N–H and O–H groups in total. The number of aromatic nitrogens is 3. The molecule has 3 rings (SSSR count). The molecule has 0 atom stereocenters. The van der Waals surface area contributed by atoms with E-state index in [0.717, 1.165) is 38.3 Å². The number of carbonyl (C=O) groups is 1.